The molecule has 1 unspecified atom stereocenters. The number of rotatable bonds is 3. The third-order valence-electron chi connectivity index (χ3n) is 2.41. The predicted octanol–water partition coefficient (Wildman–Crippen LogP) is 0.607. The molecule has 0 aromatic carbocycles. The van der Waals surface area contributed by atoms with E-state index in [4.69, 9.17) is 0 Å². The van der Waals surface area contributed by atoms with Gasteiger partial charge in [0.1, 0.15) is 0 Å². The van der Waals surface area contributed by atoms with Crippen molar-refractivity contribution < 1.29 is 4.79 Å². The van der Waals surface area contributed by atoms with Crippen LogP contribution in [0.3, 0.4) is 0 Å². The lowest BCUT2D eigenvalue weighted by molar-refractivity contribution is -0.122. The molecule has 1 heterocycles. The Morgan fingerprint density at radius 2 is 2.42 bits per heavy atom. The molecule has 1 saturated heterocycles. The molecule has 3 nitrogen and oxygen atoms in total. The summed E-state index contributed by atoms with van der Waals surface area (Å²) in [6.45, 7) is 6.53. The summed E-state index contributed by atoms with van der Waals surface area (Å²) in [4.78, 5) is 13.4. The quantitative estimate of drug-likeness (QED) is 0.673. The largest absolute Gasteiger partial charge is 0.355 e. The summed E-state index contributed by atoms with van der Waals surface area (Å²) < 4.78 is 0. The maximum Gasteiger partial charge on any atom is 0.234 e. The minimum atomic E-state index is 0.159. The highest BCUT2D eigenvalue weighted by Gasteiger charge is 2.21. The highest BCUT2D eigenvalue weighted by Crippen LogP contribution is 2.14. The zero-order chi connectivity index (χ0) is 8.97. The number of hydrogen-bond acceptors (Lipinski definition) is 2. The molecule has 0 bridgehead atoms. The number of hydrogen-bond donors (Lipinski definition) is 1. The Morgan fingerprint density at radius 3 is 2.92 bits per heavy atom. The number of amides is 1. The van der Waals surface area contributed by atoms with Gasteiger partial charge in [-0.15, -0.1) is 0 Å². The van der Waals surface area contributed by atoms with E-state index in [0.29, 0.717) is 12.6 Å². The van der Waals surface area contributed by atoms with E-state index in [1.165, 1.54) is 12.8 Å². The molecule has 1 atom stereocenters. The highest BCUT2D eigenvalue weighted by atomic mass is 16.2. The first kappa shape index (κ1) is 9.52. The zero-order valence-corrected chi connectivity index (χ0v) is 7.97. The second-order valence-corrected chi connectivity index (χ2v) is 3.42. The van der Waals surface area contributed by atoms with Crippen LogP contribution in [0.15, 0.2) is 0 Å². The smallest absolute Gasteiger partial charge is 0.234 e. The average molecular weight is 170 g/mol. The summed E-state index contributed by atoms with van der Waals surface area (Å²) in [5, 5.41) is 2.81. The standard InChI is InChI=1S/C9H18N2O/c1-3-10-9(12)7-11-6-4-5-8(11)2/h8H,3-7H2,1-2H3,(H,10,12). The second kappa shape index (κ2) is 4.45. The van der Waals surface area contributed by atoms with E-state index < -0.39 is 0 Å². The molecular weight excluding hydrogens is 152 g/mol. The molecule has 0 aromatic rings. The van der Waals surface area contributed by atoms with Gasteiger partial charge in [-0.3, -0.25) is 9.69 Å². The Balaban J connectivity index is 2.25. The molecular formula is C9H18N2O. The minimum absolute atomic E-state index is 0.159. The lowest BCUT2D eigenvalue weighted by Crippen LogP contribution is -2.38. The molecule has 1 aliphatic rings. The predicted molar refractivity (Wildman–Crippen MR) is 49.0 cm³/mol. The number of nitrogens with zero attached hydrogens (tertiary/aromatic N) is 1. The summed E-state index contributed by atoms with van der Waals surface area (Å²) in [5.74, 6) is 0.159. The van der Waals surface area contributed by atoms with Crippen LogP contribution >= 0.6 is 0 Å². The third kappa shape index (κ3) is 2.48. The SMILES string of the molecule is CCNC(=O)CN1CCCC1C. The van der Waals surface area contributed by atoms with Crippen LogP contribution < -0.4 is 5.32 Å². The molecule has 0 aliphatic carbocycles. The van der Waals surface area contributed by atoms with Crippen molar-refractivity contribution in [1.29, 1.82) is 0 Å². The van der Waals surface area contributed by atoms with E-state index >= 15 is 0 Å². The van der Waals surface area contributed by atoms with Crippen molar-refractivity contribution in [1.82, 2.24) is 10.2 Å². The topological polar surface area (TPSA) is 32.3 Å². The number of nitrogens with one attached hydrogen (secondary N) is 1. The molecule has 0 spiro atoms. The van der Waals surface area contributed by atoms with Crippen molar-refractivity contribution >= 4 is 5.91 Å². The zero-order valence-electron chi connectivity index (χ0n) is 7.97. The van der Waals surface area contributed by atoms with Crippen molar-refractivity contribution in [3.8, 4) is 0 Å². The molecule has 0 radical (unpaired) electrons. The molecule has 1 rings (SSSR count). The molecule has 0 aromatic heterocycles. The van der Waals surface area contributed by atoms with E-state index in [2.05, 4.69) is 17.1 Å². The van der Waals surface area contributed by atoms with E-state index in [1.807, 2.05) is 6.92 Å². The average Bonchev–Trinajstić information content (AvgIpc) is 2.37. The number of likely N-dealkylation sites (tertiary alicyclic amines) is 1. The maximum atomic E-state index is 11.2. The van der Waals surface area contributed by atoms with Crippen molar-refractivity contribution in [3.05, 3.63) is 0 Å². The third-order valence-corrected chi connectivity index (χ3v) is 2.41. The van der Waals surface area contributed by atoms with Crippen LogP contribution in [0, 0.1) is 0 Å². The minimum Gasteiger partial charge on any atom is -0.355 e. The van der Waals surface area contributed by atoms with Gasteiger partial charge in [0, 0.05) is 12.6 Å². The van der Waals surface area contributed by atoms with Gasteiger partial charge in [-0.2, -0.15) is 0 Å². The Morgan fingerprint density at radius 1 is 1.67 bits per heavy atom. The Kier molecular flexibility index (Phi) is 3.53. The van der Waals surface area contributed by atoms with Crippen LogP contribution in [0.2, 0.25) is 0 Å². The van der Waals surface area contributed by atoms with Crippen LogP contribution in [0.4, 0.5) is 0 Å². The van der Waals surface area contributed by atoms with Crippen molar-refractivity contribution in [2.75, 3.05) is 19.6 Å². The molecule has 70 valence electrons. The Hall–Kier alpha value is -0.570. The fraction of sp³-hybridized carbons (Fsp3) is 0.889. The summed E-state index contributed by atoms with van der Waals surface area (Å²) in [6.07, 6.45) is 2.47. The van der Waals surface area contributed by atoms with Crippen molar-refractivity contribution in [2.24, 2.45) is 0 Å². The molecule has 1 fully saturated rings. The lowest BCUT2D eigenvalue weighted by Gasteiger charge is -2.19. The first-order valence-electron chi connectivity index (χ1n) is 4.74. The number of carbonyl (C=O) groups excluding carboxylic acids is 1. The molecule has 12 heavy (non-hydrogen) atoms. The normalized spacial score (nSPS) is 24.3. The summed E-state index contributed by atoms with van der Waals surface area (Å²) in [7, 11) is 0. The van der Waals surface area contributed by atoms with Crippen LogP contribution in [-0.4, -0.2) is 36.5 Å². The summed E-state index contributed by atoms with van der Waals surface area (Å²) >= 11 is 0. The van der Waals surface area contributed by atoms with Crippen LogP contribution in [0.25, 0.3) is 0 Å². The van der Waals surface area contributed by atoms with Gasteiger partial charge in [-0.05, 0) is 33.2 Å². The summed E-state index contributed by atoms with van der Waals surface area (Å²) in [6, 6.07) is 0.590. The van der Waals surface area contributed by atoms with Crippen molar-refractivity contribution in [2.45, 2.75) is 32.7 Å². The van der Waals surface area contributed by atoms with E-state index in [9.17, 15) is 4.79 Å². The maximum absolute atomic E-state index is 11.2. The molecule has 1 amide bonds. The molecule has 0 saturated carbocycles. The highest BCUT2D eigenvalue weighted by molar-refractivity contribution is 5.77. The first-order chi connectivity index (χ1) is 5.74. The van der Waals surface area contributed by atoms with Crippen molar-refractivity contribution in [3.63, 3.8) is 0 Å². The van der Waals surface area contributed by atoms with Gasteiger partial charge in [0.25, 0.3) is 0 Å². The van der Waals surface area contributed by atoms with E-state index in [-0.39, 0.29) is 5.91 Å². The van der Waals surface area contributed by atoms with Gasteiger partial charge in [-0.1, -0.05) is 0 Å². The molecule has 3 heteroatoms. The van der Waals surface area contributed by atoms with Crippen LogP contribution in [0.1, 0.15) is 26.7 Å². The fourth-order valence-corrected chi connectivity index (χ4v) is 1.67. The molecule has 1 N–H and O–H groups in total. The monoisotopic (exact) mass is 170 g/mol. The van der Waals surface area contributed by atoms with Gasteiger partial charge in [-0.25, -0.2) is 0 Å². The van der Waals surface area contributed by atoms with Crippen LogP contribution in [-0.2, 0) is 4.79 Å². The van der Waals surface area contributed by atoms with E-state index in [1.54, 1.807) is 0 Å². The fourth-order valence-electron chi connectivity index (χ4n) is 1.67. The van der Waals surface area contributed by atoms with Gasteiger partial charge in [0.15, 0.2) is 0 Å². The second-order valence-electron chi connectivity index (χ2n) is 3.42. The summed E-state index contributed by atoms with van der Waals surface area (Å²) in [5.41, 5.74) is 0. The van der Waals surface area contributed by atoms with Gasteiger partial charge in [0.2, 0.25) is 5.91 Å². The van der Waals surface area contributed by atoms with Crippen LogP contribution in [0.5, 0.6) is 0 Å². The van der Waals surface area contributed by atoms with Gasteiger partial charge < -0.3 is 5.32 Å². The Labute approximate surface area is 74.1 Å². The molecule has 1 aliphatic heterocycles. The van der Waals surface area contributed by atoms with E-state index in [0.717, 1.165) is 13.1 Å². The van der Waals surface area contributed by atoms with Gasteiger partial charge >= 0.3 is 0 Å². The number of likely N-dealkylation sites (N-methyl/N-ethyl adjacent to an activating group) is 1. The lowest BCUT2D eigenvalue weighted by atomic mass is 10.2. The Bertz CT molecular complexity index is 159. The van der Waals surface area contributed by atoms with Gasteiger partial charge in [0.05, 0.1) is 6.54 Å². The number of carbonyl (C=O) groups is 1. The first-order valence-corrected chi connectivity index (χ1v) is 4.74.